The molecule has 0 aliphatic carbocycles. The fourth-order valence-electron chi connectivity index (χ4n) is 2.92. The second-order valence-electron chi connectivity index (χ2n) is 7.11. The molecule has 1 amide bonds. The zero-order chi connectivity index (χ0) is 21.8. The van der Waals surface area contributed by atoms with Crippen LogP contribution in [0.3, 0.4) is 0 Å². The van der Waals surface area contributed by atoms with Gasteiger partial charge in [-0.05, 0) is 56.0 Å². The van der Waals surface area contributed by atoms with E-state index in [2.05, 4.69) is 45.0 Å². The van der Waals surface area contributed by atoms with Gasteiger partial charge in [-0.3, -0.25) is 9.79 Å². The number of anilines is 1. The van der Waals surface area contributed by atoms with E-state index < -0.39 is 0 Å². The molecule has 0 fully saturated rings. The topological polar surface area (TPSA) is 87.6 Å². The lowest BCUT2D eigenvalue weighted by molar-refractivity contribution is -0.116. The zero-order valence-electron chi connectivity index (χ0n) is 18.4. The molecule has 0 aliphatic rings. The van der Waals surface area contributed by atoms with Crippen LogP contribution in [0, 0.1) is 6.92 Å². The van der Waals surface area contributed by atoms with Crippen molar-refractivity contribution in [2.45, 2.75) is 39.5 Å². The monoisotopic (exact) mass is 411 g/mol. The third-order valence-electron chi connectivity index (χ3n) is 4.66. The molecule has 1 unspecified atom stereocenters. The number of pyridine rings is 1. The Kier molecular flexibility index (Phi) is 9.64. The highest BCUT2D eigenvalue weighted by atomic mass is 16.5. The van der Waals surface area contributed by atoms with Crippen molar-refractivity contribution in [2.75, 3.05) is 32.1 Å². The highest BCUT2D eigenvalue weighted by molar-refractivity contribution is 5.90. The molecule has 7 heteroatoms. The minimum atomic E-state index is -0.0791. The largest absolute Gasteiger partial charge is 0.497 e. The Bertz CT molecular complexity index is 821. The van der Waals surface area contributed by atoms with Crippen molar-refractivity contribution in [1.82, 2.24) is 15.6 Å². The molecule has 0 spiro atoms. The predicted octanol–water partition coefficient (Wildman–Crippen LogP) is 3.48. The van der Waals surface area contributed by atoms with Gasteiger partial charge in [0.2, 0.25) is 5.91 Å². The lowest BCUT2D eigenvalue weighted by Crippen LogP contribution is -2.38. The first-order valence-corrected chi connectivity index (χ1v) is 10.4. The fraction of sp³-hybridized carbons (Fsp3) is 0.435. The Balaban J connectivity index is 1.76. The first-order valence-electron chi connectivity index (χ1n) is 10.4. The maximum Gasteiger partial charge on any atom is 0.227 e. The van der Waals surface area contributed by atoms with Crippen molar-refractivity contribution < 1.29 is 9.53 Å². The number of amides is 1. The van der Waals surface area contributed by atoms with Crippen molar-refractivity contribution in [3.05, 3.63) is 53.7 Å². The van der Waals surface area contributed by atoms with Gasteiger partial charge in [-0.2, -0.15) is 0 Å². The van der Waals surface area contributed by atoms with E-state index >= 15 is 0 Å². The number of benzene rings is 1. The summed E-state index contributed by atoms with van der Waals surface area (Å²) in [6, 6.07) is 13.7. The number of guanidine groups is 1. The Morgan fingerprint density at radius 3 is 2.60 bits per heavy atom. The lowest BCUT2D eigenvalue weighted by atomic mass is 9.98. The molecule has 0 radical (unpaired) electrons. The smallest absolute Gasteiger partial charge is 0.227 e. The Hall–Kier alpha value is -3.09. The molecule has 1 atom stereocenters. The summed E-state index contributed by atoms with van der Waals surface area (Å²) < 4.78 is 5.21. The number of carbonyl (C=O) groups is 1. The standard InChI is InChI=1S/C23H33N5O2/c1-5-24-23(25-15-13-17(2)19-9-11-20(30-4)12-10-19)26-16-14-22(29)28-21-8-6-7-18(3)27-21/h6-12,17H,5,13-16H2,1-4H3,(H2,24,25,26)(H,27,28,29). The number of carbonyl (C=O) groups excluding carboxylic acids is 1. The van der Waals surface area contributed by atoms with Crippen LogP contribution in [-0.2, 0) is 4.79 Å². The molecule has 0 bridgehead atoms. The van der Waals surface area contributed by atoms with E-state index in [0.717, 1.165) is 30.4 Å². The van der Waals surface area contributed by atoms with Gasteiger partial charge < -0.3 is 20.7 Å². The number of aliphatic imine (C=N–C) groups is 1. The van der Waals surface area contributed by atoms with Gasteiger partial charge in [0.1, 0.15) is 11.6 Å². The van der Waals surface area contributed by atoms with E-state index in [9.17, 15) is 4.79 Å². The van der Waals surface area contributed by atoms with Gasteiger partial charge in [0, 0.05) is 31.7 Å². The summed E-state index contributed by atoms with van der Waals surface area (Å²) >= 11 is 0. The van der Waals surface area contributed by atoms with Crippen LogP contribution in [0.4, 0.5) is 5.82 Å². The number of nitrogens with zero attached hydrogens (tertiary/aromatic N) is 2. The molecule has 2 aromatic rings. The number of aryl methyl sites for hydroxylation is 1. The van der Waals surface area contributed by atoms with Crippen molar-refractivity contribution in [2.24, 2.45) is 4.99 Å². The van der Waals surface area contributed by atoms with Crippen LogP contribution in [0.25, 0.3) is 0 Å². The Labute approximate surface area is 179 Å². The fourth-order valence-corrected chi connectivity index (χ4v) is 2.92. The van der Waals surface area contributed by atoms with Crippen LogP contribution in [0.2, 0.25) is 0 Å². The SMILES string of the molecule is CCNC(=NCCC(C)c1ccc(OC)cc1)NCCC(=O)Nc1cccc(C)n1. The molecule has 1 aromatic heterocycles. The maximum absolute atomic E-state index is 12.1. The van der Waals surface area contributed by atoms with Crippen LogP contribution in [0.1, 0.15) is 43.9 Å². The minimum absolute atomic E-state index is 0.0791. The van der Waals surface area contributed by atoms with Gasteiger partial charge in [-0.25, -0.2) is 4.98 Å². The van der Waals surface area contributed by atoms with Crippen LogP contribution in [-0.4, -0.2) is 43.6 Å². The highest BCUT2D eigenvalue weighted by Crippen LogP contribution is 2.21. The van der Waals surface area contributed by atoms with Gasteiger partial charge in [0.05, 0.1) is 7.11 Å². The highest BCUT2D eigenvalue weighted by Gasteiger charge is 2.07. The minimum Gasteiger partial charge on any atom is -0.497 e. The summed E-state index contributed by atoms with van der Waals surface area (Å²) in [7, 11) is 1.67. The lowest BCUT2D eigenvalue weighted by Gasteiger charge is -2.13. The van der Waals surface area contributed by atoms with Gasteiger partial charge >= 0.3 is 0 Å². The molecule has 0 saturated carbocycles. The van der Waals surface area contributed by atoms with Crippen molar-refractivity contribution in [3.63, 3.8) is 0 Å². The number of rotatable bonds is 10. The molecule has 3 N–H and O–H groups in total. The third-order valence-corrected chi connectivity index (χ3v) is 4.66. The summed E-state index contributed by atoms with van der Waals surface area (Å²) in [6.07, 6.45) is 1.27. The molecule has 1 aromatic carbocycles. The molecule has 0 saturated heterocycles. The van der Waals surface area contributed by atoms with Gasteiger partial charge in [0.15, 0.2) is 5.96 Å². The van der Waals surface area contributed by atoms with E-state index in [1.807, 2.05) is 38.1 Å². The average Bonchev–Trinajstić information content (AvgIpc) is 2.73. The summed E-state index contributed by atoms with van der Waals surface area (Å²) in [5.41, 5.74) is 2.14. The second-order valence-corrected chi connectivity index (χ2v) is 7.11. The maximum atomic E-state index is 12.1. The number of nitrogens with one attached hydrogen (secondary N) is 3. The Morgan fingerprint density at radius 1 is 1.17 bits per heavy atom. The van der Waals surface area contributed by atoms with Gasteiger partial charge in [-0.15, -0.1) is 0 Å². The van der Waals surface area contributed by atoms with Crippen LogP contribution < -0.4 is 20.7 Å². The van der Waals surface area contributed by atoms with Crippen molar-refractivity contribution >= 4 is 17.7 Å². The zero-order valence-corrected chi connectivity index (χ0v) is 18.4. The molecule has 30 heavy (non-hydrogen) atoms. The van der Waals surface area contributed by atoms with Crippen molar-refractivity contribution in [1.29, 1.82) is 0 Å². The predicted molar refractivity (Wildman–Crippen MR) is 122 cm³/mol. The molecule has 1 heterocycles. The third kappa shape index (κ3) is 8.11. The van der Waals surface area contributed by atoms with E-state index in [1.54, 1.807) is 13.2 Å². The number of hydrogen-bond donors (Lipinski definition) is 3. The van der Waals surface area contributed by atoms with Crippen LogP contribution >= 0.6 is 0 Å². The van der Waals surface area contributed by atoms with Crippen LogP contribution in [0.5, 0.6) is 5.75 Å². The van der Waals surface area contributed by atoms with E-state index in [1.165, 1.54) is 5.56 Å². The van der Waals surface area contributed by atoms with E-state index in [4.69, 9.17) is 4.74 Å². The summed E-state index contributed by atoms with van der Waals surface area (Å²) in [5, 5.41) is 9.25. The normalized spacial score (nSPS) is 12.2. The number of methoxy groups -OCH3 is 1. The van der Waals surface area contributed by atoms with Gasteiger partial charge in [-0.1, -0.05) is 25.1 Å². The molecular weight excluding hydrogens is 378 g/mol. The number of ether oxygens (including phenoxy) is 1. The van der Waals surface area contributed by atoms with Crippen molar-refractivity contribution in [3.8, 4) is 5.75 Å². The molecule has 2 rings (SSSR count). The molecular formula is C23H33N5O2. The molecule has 0 aliphatic heterocycles. The molecule has 162 valence electrons. The molecule has 7 nitrogen and oxygen atoms in total. The summed E-state index contributed by atoms with van der Waals surface area (Å²) in [6.45, 7) is 8.07. The second kappa shape index (κ2) is 12.5. The Morgan fingerprint density at radius 2 is 1.93 bits per heavy atom. The number of aromatic nitrogens is 1. The van der Waals surface area contributed by atoms with Gasteiger partial charge in [0.25, 0.3) is 0 Å². The summed E-state index contributed by atoms with van der Waals surface area (Å²) in [5.74, 6) is 2.48. The quantitative estimate of drug-likeness (QED) is 0.412. The average molecular weight is 412 g/mol. The summed E-state index contributed by atoms with van der Waals surface area (Å²) in [4.78, 5) is 21.0. The van der Waals surface area contributed by atoms with E-state index in [-0.39, 0.29) is 5.91 Å². The van der Waals surface area contributed by atoms with Crippen LogP contribution in [0.15, 0.2) is 47.5 Å². The first-order chi connectivity index (χ1) is 14.5. The first kappa shape index (κ1) is 23.2. The van der Waals surface area contributed by atoms with E-state index in [0.29, 0.717) is 31.2 Å². The number of hydrogen-bond acceptors (Lipinski definition) is 4.